The SMILES string of the molecule is CCNC(=O)NC(=O)C(C)OC(=O)COc1cccc2ccccc12. The summed E-state index contributed by atoms with van der Waals surface area (Å²) < 4.78 is 10.5. The minimum atomic E-state index is -1.11. The van der Waals surface area contributed by atoms with Crippen molar-refractivity contribution in [2.45, 2.75) is 20.0 Å². The molecule has 0 aliphatic rings. The molecule has 25 heavy (non-hydrogen) atoms. The zero-order valence-corrected chi connectivity index (χ0v) is 14.1. The Morgan fingerprint density at radius 1 is 1.08 bits per heavy atom. The first-order valence-corrected chi connectivity index (χ1v) is 7.90. The van der Waals surface area contributed by atoms with E-state index >= 15 is 0 Å². The molecule has 0 aliphatic heterocycles. The first kappa shape index (κ1) is 18.3. The van der Waals surface area contributed by atoms with Gasteiger partial charge in [-0.25, -0.2) is 9.59 Å². The minimum absolute atomic E-state index is 0.340. The van der Waals surface area contributed by atoms with Crippen LogP contribution in [-0.4, -0.2) is 37.2 Å². The van der Waals surface area contributed by atoms with Gasteiger partial charge >= 0.3 is 12.0 Å². The van der Waals surface area contributed by atoms with Crippen molar-refractivity contribution >= 4 is 28.7 Å². The molecule has 7 nitrogen and oxygen atoms in total. The number of nitrogens with one attached hydrogen (secondary N) is 2. The van der Waals surface area contributed by atoms with E-state index in [4.69, 9.17) is 9.47 Å². The number of esters is 1. The Kier molecular flexibility index (Phi) is 6.33. The Morgan fingerprint density at radius 2 is 1.80 bits per heavy atom. The number of urea groups is 1. The average Bonchev–Trinajstić information content (AvgIpc) is 2.60. The maximum absolute atomic E-state index is 11.9. The van der Waals surface area contributed by atoms with Crippen LogP contribution in [0.1, 0.15) is 13.8 Å². The van der Waals surface area contributed by atoms with Crippen LogP contribution < -0.4 is 15.4 Å². The van der Waals surface area contributed by atoms with E-state index in [9.17, 15) is 14.4 Å². The fourth-order valence-corrected chi connectivity index (χ4v) is 2.16. The minimum Gasteiger partial charge on any atom is -0.481 e. The Bertz CT molecular complexity index is 770. The van der Waals surface area contributed by atoms with Gasteiger partial charge in [0.2, 0.25) is 0 Å². The summed E-state index contributed by atoms with van der Waals surface area (Å²) in [7, 11) is 0. The molecule has 0 aromatic heterocycles. The van der Waals surface area contributed by atoms with Gasteiger partial charge in [0.1, 0.15) is 5.75 Å². The van der Waals surface area contributed by atoms with Gasteiger partial charge in [0, 0.05) is 11.9 Å². The molecular formula is C18H20N2O5. The molecular weight excluding hydrogens is 324 g/mol. The van der Waals surface area contributed by atoms with Gasteiger partial charge in [-0.1, -0.05) is 36.4 Å². The first-order valence-electron chi connectivity index (χ1n) is 7.90. The molecule has 1 atom stereocenters. The second-order valence-corrected chi connectivity index (χ2v) is 5.25. The smallest absolute Gasteiger partial charge is 0.344 e. The van der Waals surface area contributed by atoms with Crippen molar-refractivity contribution < 1.29 is 23.9 Å². The number of fused-ring (bicyclic) bond motifs is 1. The highest BCUT2D eigenvalue weighted by molar-refractivity contribution is 5.97. The van der Waals surface area contributed by atoms with E-state index < -0.39 is 24.0 Å². The van der Waals surface area contributed by atoms with Crippen molar-refractivity contribution in [2.75, 3.05) is 13.2 Å². The summed E-state index contributed by atoms with van der Waals surface area (Å²) in [4.78, 5) is 34.8. The molecule has 0 saturated heterocycles. The van der Waals surface area contributed by atoms with E-state index in [1.54, 1.807) is 13.0 Å². The highest BCUT2D eigenvalue weighted by atomic mass is 16.6. The third-order valence-corrected chi connectivity index (χ3v) is 3.35. The molecule has 0 saturated carbocycles. The Morgan fingerprint density at radius 3 is 2.56 bits per heavy atom. The van der Waals surface area contributed by atoms with Gasteiger partial charge in [-0.05, 0) is 25.3 Å². The second-order valence-electron chi connectivity index (χ2n) is 5.25. The van der Waals surface area contributed by atoms with Gasteiger partial charge in [0.15, 0.2) is 12.7 Å². The number of carbonyl (C=O) groups is 3. The fourth-order valence-electron chi connectivity index (χ4n) is 2.16. The molecule has 0 spiro atoms. The highest BCUT2D eigenvalue weighted by Gasteiger charge is 2.20. The van der Waals surface area contributed by atoms with Gasteiger partial charge in [-0.2, -0.15) is 0 Å². The number of ether oxygens (including phenoxy) is 2. The van der Waals surface area contributed by atoms with Crippen molar-refractivity contribution in [1.29, 1.82) is 0 Å². The van der Waals surface area contributed by atoms with Crippen LogP contribution in [0.5, 0.6) is 5.75 Å². The topological polar surface area (TPSA) is 93.7 Å². The summed E-state index contributed by atoms with van der Waals surface area (Å²) in [5.41, 5.74) is 0. The third-order valence-electron chi connectivity index (χ3n) is 3.35. The summed E-state index contributed by atoms with van der Waals surface area (Å²) in [6.45, 7) is 3.14. The highest BCUT2D eigenvalue weighted by Crippen LogP contribution is 2.25. The number of amides is 3. The quantitative estimate of drug-likeness (QED) is 0.782. The predicted octanol–water partition coefficient (Wildman–Crippen LogP) is 2.00. The molecule has 0 fully saturated rings. The van der Waals surface area contributed by atoms with Crippen molar-refractivity contribution in [3.63, 3.8) is 0 Å². The molecule has 132 valence electrons. The summed E-state index contributed by atoms with van der Waals surface area (Å²) in [6, 6.07) is 12.5. The Hall–Kier alpha value is -3.09. The molecule has 2 N–H and O–H groups in total. The van der Waals surface area contributed by atoms with Gasteiger partial charge in [-0.3, -0.25) is 10.1 Å². The molecule has 0 bridgehead atoms. The number of hydrogen-bond donors (Lipinski definition) is 2. The lowest BCUT2D eigenvalue weighted by molar-refractivity contribution is -0.156. The lowest BCUT2D eigenvalue weighted by atomic mass is 10.1. The normalized spacial score (nSPS) is 11.4. The largest absolute Gasteiger partial charge is 0.481 e. The van der Waals surface area contributed by atoms with E-state index in [0.717, 1.165) is 10.8 Å². The Balaban J connectivity index is 1.87. The van der Waals surface area contributed by atoms with E-state index in [1.807, 2.05) is 36.4 Å². The third kappa shape index (κ3) is 5.20. The van der Waals surface area contributed by atoms with Gasteiger partial charge in [0.05, 0.1) is 0 Å². The molecule has 0 radical (unpaired) electrons. The maximum atomic E-state index is 11.9. The zero-order valence-electron chi connectivity index (χ0n) is 14.1. The van der Waals surface area contributed by atoms with Crippen LogP contribution in [0.2, 0.25) is 0 Å². The van der Waals surface area contributed by atoms with Crippen LogP contribution in [-0.2, 0) is 14.3 Å². The summed E-state index contributed by atoms with van der Waals surface area (Å²) in [6.07, 6.45) is -1.11. The van der Waals surface area contributed by atoms with Gasteiger partial charge in [-0.15, -0.1) is 0 Å². The van der Waals surface area contributed by atoms with Crippen LogP contribution in [0.25, 0.3) is 10.8 Å². The van der Waals surface area contributed by atoms with Crippen LogP contribution in [0.3, 0.4) is 0 Å². The summed E-state index contributed by atoms with van der Waals surface area (Å²) in [5, 5.41) is 6.35. The molecule has 3 amide bonds. The van der Waals surface area contributed by atoms with Crippen LogP contribution in [0.15, 0.2) is 42.5 Å². The second kappa shape index (κ2) is 8.68. The monoisotopic (exact) mass is 344 g/mol. The number of carbonyl (C=O) groups excluding carboxylic acids is 3. The number of imide groups is 1. The summed E-state index contributed by atoms with van der Waals surface area (Å²) >= 11 is 0. The average molecular weight is 344 g/mol. The molecule has 0 heterocycles. The number of benzene rings is 2. The molecule has 2 aromatic rings. The number of hydrogen-bond acceptors (Lipinski definition) is 5. The van der Waals surface area contributed by atoms with Crippen LogP contribution in [0, 0.1) is 0 Å². The van der Waals surface area contributed by atoms with Crippen molar-refractivity contribution in [3.05, 3.63) is 42.5 Å². The zero-order chi connectivity index (χ0) is 18.2. The maximum Gasteiger partial charge on any atom is 0.344 e. The first-order chi connectivity index (χ1) is 12.0. The van der Waals surface area contributed by atoms with Crippen LogP contribution in [0.4, 0.5) is 4.79 Å². The van der Waals surface area contributed by atoms with E-state index in [2.05, 4.69) is 10.6 Å². The van der Waals surface area contributed by atoms with Crippen LogP contribution >= 0.6 is 0 Å². The lowest BCUT2D eigenvalue weighted by Crippen LogP contribution is -2.44. The Labute approximate surface area is 145 Å². The predicted molar refractivity (Wildman–Crippen MR) is 92.2 cm³/mol. The van der Waals surface area contributed by atoms with E-state index in [-0.39, 0.29) is 6.61 Å². The lowest BCUT2D eigenvalue weighted by Gasteiger charge is -2.14. The van der Waals surface area contributed by atoms with Crippen molar-refractivity contribution in [2.24, 2.45) is 0 Å². The fraction of sp³-hybridized carbons (Fsp3) is 0.278. The molecule has 1 unspecified atom stereocenters. The van der Waals surface area contributed by atoms with E-state index in [0.29, 0.717) is 12.3 Å². The standard InChI is InChI=1S/C18H20N2O5/c1-3-19-18(23)20-17(22)12(2)25-16(21)11-24-15-10-6-8-13-7-4-5-9-14(13)15/h4-10,12H,3,11H2,1-2H3,(H2,19,20,22,23). The van der Waals surface area contributed by atoms with E-state index in [1.165, 1.54) is 6.92 Å². The molecule has 7 heteroatoms. The van der Waals surface area contributed by atoms with Gasteiger partial charge < -0.3 is 14.8 Å². The van der Waals surface area contributed by atoms with Crippen molar-refractivity contribution in [3.8, 4) is 5.75 Å². The summed E-state index contributed by atoms with van der Waals surface area (Å²) in [5.74, 6) is -0.856. The molecule has 0 aliphatic carbocycles. The molecule has 2 aromatic carbocycles. The number of rotatable bonds is 6. The van der Waals surface area contributed by atoms with Crippen molar-refractivity contribution in [1.82, 2.24) is 10.6 Å². The van der Waals surface area contributed by atoms with Gasteiger partial charge in [0.25, 0.3) is 5.91 Å². The molecule has 2 rings (SSSR count).